The molecule has 1 amide bonds. The van der Waals surface area contributed by atoms with Crippen molar-refractivity contribution < 1.29 is 4.79 Å². The molecule has 1 heterocycles. The van der Waals surface area contributed by atoms with Gasteiger partial charge in [0.15, 0.2) is 0 Å². The van der Waals surface area contributed by atoms with E-state index in [1.807, 2.05) is 0 Å². The molecule has 1 unspecified atom stereocenters. The summed E-state index contributed by atoms with van der Waals surface area (Å²) in [5, 5.41) is 3.29. The molecule has 106 valence electrons. The molecule has 0 aromatic heterocycles. The van der Waals surface area contributed by atoms with Gasteiger partial charge in [-0.1, -0.05) is 27.7 Å². The summed E-state index contributed by atoms with van der Waals surface area (Å²) < 4.78 is 0. The second-order valence-corrected chi connectivity index (χ2v) is 6.38. The van der Waals surface area contributed by atoms with Crippen molar-refractivity contribution in [1.82, 2.24) is 10.2 Å². The van der Waals surface area contributed by atoms with Crippen molar-refractivity contribution in [2.24, 2.45) is 17.8 Å². The lowest BCUT2D eigenvalue weighted by Crippen LogP contribution is -2.39. The number of nitrogens with one attached hydrogen (secondary N) is 1. The standard InChI is InChI=1S/C15H30N2O/c1-12(2)6-9-17(10-7-13(3)4)15(18)14-5-8-16-11-14/h12-14,16H,5-11H2,1-4H3. The summed E-state index contributed by atoms with van der Waals surface area (Å²) in [5.41, 5.74) is 0. The van der Waals surface area contributed by atoms with Crippen LogP contribution in [0, 0.1) is 17.8 Å². The van der Waals surface area contributed by atoms with Crippen molar-refractivity contribution in [1.29, 1.82) is 0 Å². The molecule has 0 aromatic rings. The van der Waals surface area contributed by atoms with Crippen molar-refractivity contribution in [3.05, 3.63) is 0 Å². The Bertz CT molecular complexity index is 233. The average Bonchev–Trinajstić information content (AvgIpc) is 2.81. The van der Waals surface area contributed by atoms with E-state index < -0.39 is 0 Å². The molecular weight excluding hydrogens is 224 g/mol. The maximum atomic E-state index is 12.5. The molecule has 1 fully saturated rings. The molecule has 0 radical (unpaired) electrons. The van der Waals surface area contributed by atoms with Crippen LogP contribution in [-0.2, 0) is 4.79 Å². The normalized spacial score (nSPS) is 19.8. The molecule has 1 rings (SSSR count). The Morgan fingerprint density at radius 2 is 1.72 bits per heavy atom. The molecule has 0 aromatic carbocycles. The summed E-state index contributed by atoms with van der Waals surface area (Å²) in [5.74, 6) is 1.94. The number of hydrogen-bond donors (Lipinski definition) is 1. The zero-order valence-corrected chi connectivity index (χ0v) is 12.5. The van der Waals surface area contributed by atoms with Crippen LogP contribution < -0.4 is 5.32 Å². The first-order valence-electron chi connectivity index (χ1n) is 7.50. The van der Waals surface area contributed by atoms with Gasteiger partial charge in [0, 0.05) is 19.6 Å². The minimum atomic E-state index is 0.226. The van der Waals surface area contributed by atoms with E-state index in [1.165, 1.54) is 0 Å². The predicted molar refractivity (Wildman–Crippen MR) is 76.5 cm³/mol. The average molecular weight is 254 g/mol. The van der Waals surface area contributed by atoms with Gasteiger partial charge in [-0.05, 0) is 37.6 Å². The number of hydrogen-bond acceptors (Lipinski definition) is 2. The smallest absolute Gasteiger partial charge is 0.227 e. The van der Waals surface area contributed by atoms with Crippen molar-refractivity contribution in [2.75, 3.05) is 26.2 Å². The van der Waals surface area contributed by atoms with Crippen LogP contribution in [0.3, 0.4) is 0 Å². The van der Waals surface area contributed by atoms with Gasteiger partial charge in [-0.2, -0.15) is 0 Å². The molecule has 0 bridgehead atoms. The van der Waals surface area contributed by atoms with Crippen LogP contribution in [0.2, 0.25) is 0 Å². The van der Waals surface area contributed by atoms with Gasteiger partial charge in [-0.15, -0.1) is 0 Å². The predicted octanol–water partition coefficient (Wildman–Crippen LogP) is 2.52. The maximum Gasteiger partial charge on any atom is 0.227 e. The largest absolute Gasteiger partial charge is 0.342 e. The summed E-state index contributed by atoms with van der Waals surface area (Å²) >= 11 is 0. The first kappa shape index (κ1) is 15.5. The molecule has 1 aliphatic rings. The molecule has 18 heavy (non-hydrogen) atoms. The fraction of sp³-hybridized carbons (Fsp3) is 0.933. The number of nitrogens with zero attached hydrogens (tertiary/aromatic N) is 1. The number of carbonyl (C=O) groups is 1. The summed E-state index contributed by atoms with van der Waals surface area (Å²) in [6.45, 7) is 12.6. The molecule has 0 spiro atoms. The lowest BCUT2D eigenvalue weighted by Gasteiger charge is -2.27. The lowest BCUT2D eigenvalue weighted by molar-refractivity contribution is -0.135. The number of amides is 1. The SMILES string of the molecule is CC(C)CCN(CCC(C)C)C(=O)C1CCNC1. The minimum Gasteiger partial charge on any atom is -0.342 e. The second-order valence-electron chi connectivity index (χ2n) is 6.38. The van der Waals surface area contributed by atoms with Gasteiger partial charge in [-0.3, -0.25) is 4.79 Å². The molecule has 1 saturated heterocycles. The topological polar surface area (TPSA) is 32.3 Å². The van der Waals surface area contributed by atoms with Crippen LogP contribution in [-0.4, -0.2) is 37.0 Å². The molecule has 1 aliphatic heterocycles. The highest BCUT2D eigenvalue weighted by molar-refractivity contribution is 5.79. The Hall–Kier alpha value is -0.570. The highest BCUT2D eigenvalue weighted by Crippen LogP contribution is 2.15. The summed E-state index contributed by atoms with van der Waals surface area (Å²) in [4.78, 5) is 14.6. The third-order valence-corrected chi connectivity index (χ3v) is 3.67. The highest BCUT2D eigenvalue weighted by atomic mass is 16.2. The Morgan fingerprint density at radius 1 is 1.17 bits per heavy atom. The van der Waals surface area contributed by atoms with E-state index in [1.54, 1.807) is 0 Å². The van der Waals surface area contributed by atoms with Crippen molar-refractivity contribution in [2.45, 2.75) is 47.0 Å². The maximum absolute atomic E-state index is 12.5. The van der Waals surface area contributed by atoms with Gasteiger partial charge >= 0.3 is 0 Å². The summed E-state index contributed by atoms with van der Waals surface area (Å²) in [6, 6.07) is 0. The second kappa shape index (κ2) is 7.78. The number of rotatable bonds is 7. The summed E-state index contributed by atoms with van der Waals surface area (Å²) in [6.07, 6.45) is 3.24. The molecule has 3 heteroatoms. The van der Waals surface area contributed by atoms with E-state index in [4.69, 9.17) is 0 Å². The molecule has 0 aliphatic carbocycles. The Morgan fingerprint density at radius 3 is 2.11 bits per heavy atom. The van der Waals surface area contributed by atoms with Gasteiger partial charge in [0.2, 0.25) is 5.91 Å². The Kier molecular flexibility index (Phi) is 6.69. The van der Waals surface area contributed by atoms with E-state index >= 15 is 0 Å². The summed E-state index contributed by atoms with van der Waals surface area (Å²) in [7, 11) is 0. The highest BCUT2D eigenvalue weighted by Gasteiger charge is 2.26. The quantitative estimate of drug-likeness (QED) is 0.757. The van der Waals surface area contributed by atoms with Gasteiger partial charge in [0.1, 0.15) is 0 Å². The van der Waals surface area contributed by atoms with Crippen molar-refractivity contribution >= 4 is 5.91 Å². The van der Waals surface area contributed by atoms with Crippen LogP contribution in [0.1, 0.15) is 47.0 Å². The fourth-order valence-electron chi connectivity index (χ4n) is 2.28. The Labute approximate surface area is 112 Å². The minimum absolute atomic E-state index is 0.226. The third-order valence-electron chi connectivity index (χ3n) is 3.67. The van der Waals surface area contributed by atoms with Gasteiger partial charge < -0.3 is 10.2 Å². The van der Waals surface area contributed by atoms with Crippen LogP contribution in [0.25, 0.3) is 0 Å². The van der Waals surface area contributed by atoms with E-state index in [9.17, 15) is 4.79 Å². The molecule has 0 saturated carbocycles. The molecule has 1 N–H and O–H groups in total. The van der Waals surface area contributed by atoms with Crippen LogP contribution in [0.15, 0.2) is 0 Å². The van der Waals surface area contributed by atoms with Crippen LogP contribution >= 0.6 is 0 Å². The number of carbonyl (C=O) groups excluding carboxylic acids is 1. The van der Waals surface area contributed by atoms with Gasteiger partial charge in [0.25, 0.3) is 0 Å². The van der Waals surface area contributed by atoms with E-state index in [-0.39, 0.29) is 5.92 Å². The lowest BCUT2D eigenvalue weighted by atomic mass is 10.0. The van der Waals surface area contributed by atoms with Crippen LogP contribution in [0.4, 0.5) is 0 Å². The first-order valence-corrected chi connectivity index (χ1v) is 7.50. The molecule has 1 atom stereocenters. The fourth-order valence-corrected chi connectivity index (χ4v) is 2.28. The van der Waals surface area contributed by atoms with E-state index in [2.05, 4.69) is 37.9 Å². The van der Waals surface area contributed by atoms with Crippen molar-refractivity contribution in [3.8, 4) is 0 Å². The molecular formula is C15H30N2O. The van der Waals surface area contributed by atoms with Crippen LogP contribution in [0.5, 0.6) is 0 Å². The zero-order chi connectivity index (χ0) is 13.5. The van der Waals surface area contributed by atoms with E-state index in [0.717, 1.165) is 45.4 Å². The van der Waals surface area contributed by atoms with Gasteiger partial charge in [-0.25, -0.2) is 0 Å². The van der Waals surface area contributed by atoms with Crippen molar-refractivity contribution in [3.63, 3.8) is 0 Å². The zero-order valence-electron chi connectivity index (χ0n) is 12.5. The first-order chi connectivity index (χ1) is 8.50. The third kappa shape index (κ3) is 5.38. The Balaban J connectivity index is 2.48. The van der Waals surface area contributed by atoms with Gasteiger partial charge in [0.05, 0.1) is 5.92 Å². The molecule has 3 nitrogen and oxygen atoms in total. The monoisotopic (exact) mass is 254 g/mol. The van der Waals surface area contributed by atoms with E-state index in [0.29, 0.717) is 17.7 Å².